The summed E-state index contributed by atoms with van der Waals surface area (Å²) in [7, 11) is 0. The Morgan fingerprint density at radius 2 is 2.05 bits per heavy atom. The lowest BCUT2D eigenvalue weighted by Crippen LogP contribution is -2.36. The van der Waals surface area contributed by atoms with Crippen molar-refractivity contribution < 1.29 is 9.90 Å². The van der Waals surface area contributed by atoms with Crippen molar-refractivity contribution in [1.82, 2.24) is 5.32 Å². The third-order valence-corrected chi connectivity index (χ3v) is 4.01. The van der Waals surface area contributed by atoms with Gasteiger partial charge in [0.2, 0.25) is 0 Å². The van der Waals surface area contributed by atoms with Crippen molar-refractivity contribution in [2.75, 3.05) is 0 Å². The number of amides is 1. The molecule has 1 aromatic carbocycles. The van der Waals surface area contributed by atoms with Crippen LogP contribution in [0, 0.1) is 5.92 Å². The fourth-order valence-electron chi connectivity index (χ4n) is 2.78. The van der Waals surface area contributed by atoms with Gasteiger partial charge in [-0.05, 0) is 49.3 Å². The summed E-state index contributed by atoms with van der Waals surface area (Å²) in [4.78, 5) is 11.0. The number of hydrogen-bond donors (Lipinski definition) is 3. The summed E-state index contributed by atoms with van der Waals surface area (Å²) in [6, 6.07) is 7.44. The number of hydrogen-bond acceptors (Lipinski definition) is 2. The van der Waals surface area contributed by atoms with E-state index in [4.69, 9.17) is 22.4 Å². The molecule has 1 aromatic rings. The Morgan fingerprint density at radius 1 is 1.37 bits per heavy atom. The van der Waals surface area contributed by atoms with E-state index in [1.165, 1.54) is 0 Å². The van der Waals surface area contributed by atoms with Crippen LogP contribution in [0.25, 0.3) is 0 Å². The molecule has 1 aliphatic rings. The third-order valence-electron chi connectivity index (χ3n) is 3.77. The molecule has 1 unspecified atom stereocenters. The summed E-state index contributed by atoms with van der Waals surface area (Å²) in [6.07, 6.45) is 2.78. The van der Waals surface area contributed by atoms with Crippen LogP contribution >= 0.6 is 11.6 Å². The smallest absolute Gasteiger partial charge is 0.405 e. The highest BCUT2D eigenvalue weighted by Gasteiger charge is 2.28. The van der Waals surface area contributed by atoms with Gasteiger partial charge in [-0.25, -0.2) is 4.79 Å². The van der Waals surface area contributed by atoms with Gasteiger partial charge < -0.3 is 16.2 Å². The molecule has 0 aromatic heterocycles. The molecule has 2 rings (SSSR count). The van der Waals surface area contributed by atoms with Crippen molar-refractivity contribution in [2.24, 2.45) is 11.7 Å². The van der Waals surface area contributed by atoms with Crippen LogP contribution in [-0.2, 0) is 0 Å². The van der Waals surface area contributed by atoms with Gasteiger partial charge in [-0.15, -0.1) is 0 Å². The second-order valence-electron chi connectivity index (χ2n) is 5.16. The van der Waals surface area contributed by atoms with Gasteiger partial charge in [-0.2, -0.15) is 0 Å². The Morgan fingerprint density at radius 3 is 2.63 bits per heavy atom. The molecule has 1 saturated carbocycles. The van der Waals surface area contributed by atoms with E-state index in [2.05, 4.69) is 5.32 Å². The Balaban J connectivity index is 2.18. The average Bonchev–Trinajstić information content (AvgIpc) is 2.37. The molecule has 4 nitrogen and oxygen atoms in total. The van der Waals surface area contributed by atoms with Crippen molar-refractivity contribution >= 4 is 17.7 Å². The van der Waals surface area contributed by atoms with E-state index in [0.29, 0.717) is 5.02 Å². The van der Waals surface area contributed by atoms with Crippen molar-refractivity contribution in [3.63, 3.8) is 0 Å². The van der Waals surface area contributed by atoms with Crippen LogP contribution in [0.3, 0.4) is 0 Å². The largest absolute Gasteiger partial charge is 0.465 e. The van der Waals surface area contributed by atoms with Crippen LogP contribution in [0.5, 0.6) is 0 Å². The summed E-state index contributed by atoms with van der Waals surface area (Å²) >= 11 is 5.99. The Labute approximate surface area is 117 Å². The maximum atomic E-state index is 11.0. The number of carboxylic acid groups (broad SMARTS) is 1. The van der Waals surface area contributed by atoms with Crippen molar-refractivity contribution in [3.05, 3.63) is 34.9 Å². The summed E-state index contributed by atoms with van der Waals surface area (Å²) in [5, 5.41) is 12.3. The molecule has 5 heteroatoms. The Kier molecular flexibility index (Phi) is 4.66. The van der Waals surface area contributed by atoms with E-state index >= 15 is 0 Å². The second-order valence-corrected chi connectivity index (χ2v) is 5.59. The minimum atomic E-state index is -1.00. The van der Waals surface area contributed by atoms with Crippen LogP contribution in [0.1, 0.15) is 37.3 Å². The van der Waals surface area contributed by atoms with Gasteiger partial charge in [0.15, 0.2) is 0 Å². The first-order valence-electron chi connectivity index (χ1n) is 6.57. The molecule has 0 radical (unpaired) electrons. The van der Waals surface area contributed by atoms with Crippen molar-refractivity contribution in [3.8, 4) is 0 Å². The number of halogens is 1. The summed E-state index contributed by atoms with van der Waals surface area (Å²) in [5.41, 5.74) is 6.83. The maximum absolute atomic E-state index is 11.0. The zero-order valence-corrected chi connectivity index (χ0v) is 11.4. The molecule has 0 aliphatic heterocycles. The fraction of sp³-hybridized carbons (Fsp3) is 0.500. The van der Waals surface area contributed by atoms with Gasteiger partial charge in [0, 0.05) is 11.1 Å². The number of benzene rings is 1. The minimum absolute atomic E-state index is 0.205. The van der Waals surface area contributed by atoms with Gasteiger partial charge in [0.25, 0.3) is 0 Å². The van der Waals surface area contributed by atoms with E-state index in [9.17, 15) is 4.79 Å². The summed E-state index contributed by atoms with van der Waals surface area (Å²) in [5.74, 6) is 0.286. The van der Waals surface area contributed by atoms with Crippen molar-refractivity contribution in [1.29, 1.82) is 0 Å². The lowest BCUT2D eigenvalue weighted by atomic mass is 9.79. The third kappa shape index (κ3) is 3.85. The zero-order chi connectivity index (χ0) is 13.8. The molecule has 0 spiro atoms. The number of nitrogens with one attached hydrogen (secondary N) is 1. The van der Waals surface area contributed by atoms with Gasteiger partial charge in [-0.3, -0.25) is 0 Å². The molecule has 104 valence electrons. The van der Waals surface area contributed by atoms with Crippen LogP contribution < -0.4 is 11.1 Å². The van der Waals surface area contributed by atoms with Gasteiger partial charge >= 0.3 is 6.09 Å². The molecule has 1 fully saturated rings. The molecule has 1 aliphatic carbocycles. The Bertz CT molecular complexity index is 445. The van der Waals surface area contributed by atoms with Crippen LogP contribution in [0.2, 0.25) is 5.02 Å². The van der Waals surface area contributed by atoms with Gasteiger partial charge in [-0.1, -0.05) is 23.7 Å². The lowest BCUT2D eigenvalue weighted by molar-refractivity contribution is 0.177. The standard InChI is InChI=1S/C14H19ClN2O2/c15-11-3-1-2-10(8-11)13(17-14(18)19)9-4-6-12(16)7-5-9/h1-3,8-9,12-13,17H,4-7,16H2,(H,18,19). The molecule has 0 heterocycles. The monoisotopic (exact) mass is 282 g/mol. The SMILES string of the molecule is NC1CCC(C(NC(=O)O)c2cccc(Cl)c2)CC1. The van der Waals surface area contributed by atoms with Crippen molar-refractivity contribution in [2.45, 2.75) is 37.8 Å². The molecule has 1 atom stereocenters. The van der Waals surface area contributed by atoms with E-state index in [-0.39, 0.29) is 18.0 Å². The number of carbonyl (C=O) groups is 1. The molecular weight excluding hydrogens is 264 g/mol. The quantitative estimate of drug-likeness (QED) is 0.797. The van der Waals surface area contributed by atoms with Crippen LogP contribution in [0.15, 0.2) is 24.3 Å². The summed E-state index contributed by atoms with van der Waals surface area (Å²) in [6.45, 7) is 0. The summed E-state index contributed by atoms with van der Waals surface area (Å²) < 4.78 is 0. The van der Waals surface area contributed by atoms with Crippen LogP contribution in [0.4, 0.5) is 4.79 Å². The zero-order valence-electron chi connectivity index (χ0n) is 10.7. The van der Waals surface area contributed by atoms with E-state index in [1.807, 2.05) is 18.2 Å². The van der Waals surface area contributed by atoms with Gasteiger partial charge in [0.1, 0.15) is 0 Å². The first-order valence-corrected chi connectivity index (χ1v) is 6.94. The average molecular weight is 283 g/mol. The Hall–Kier alpha value is -1.26. The fourth-order valence-corrected chi connectivity index (χ4v) is 2.98. The van der Waals surface area contributed by atoms with E-state index in [0.717, 1.165) is 31.2 Å². The number of nitrogens with two attached hydrogens (primary N) is 1. The van der Waals surface area contributed by atoms with E-state index < -0.39 is 6.09 Å². The molecule has 19 heavy (non-hydrogen) atoms. The lowest BCUT2D eigenvalue weighted by Gasteiger charge is -2.32. The van der Waals surface area contributed by atoms with Crippen LogP contribution in [-0.4, -0.2) is 17.2 Å². The molecular formula is C14H19ClN2O2. The molecule has 0 saturated heterocycles. The topological polar surface area (TPSA) is 75.3 Å². The first-order chi connectivity index (χ1) is 9.06. The normalized spacial score (nSPS) is 24.7. The number of rotatable bonds is 3. The van der Waals surface area contributed by atoms with Gasteiger partial charge in [0.05, 0.1) is 6.04 Å². The highest BCUT2D eigenvalue weighted by Crippen LogP contribution is 2.34. The highest BCUT2D eigenvalue weighted by atomic mass is 35.5. The second kappa shape index (κ2) is 6.26. The molecule has 4 N–H and O–H groups in total. The molecule has 0 bridgehead atoms. The first kappa shape index (κ1) is 14.2. The maximum Gasteiger partial charge on any atom is 0.405 e. The van der Waals surface area contributed by atoms with E-state index in [1.54, 1.807) is 6.07 Å². The predicted octanol–water partition coefficient (Wildman–Crippen LogP) is 3.17. The highest BCUT2D eigenvalue weighted by molar-refractivity contribution is 6.30. The minimum Gasteiger partial charge on any atom is -0.465 e. The predicted molar refractivity (Wildman–Crippen MR) is 75.3 cm³/mol. The molecule has 1 amide bonds.